The van der Waals surface area contributed by atoms with E-state index in [9.17, 15) is 14.0 Å². The van der Waals surface area contributed by atoms with Crippen molar-refractivity contribution in [1.82, 2.24) is 0 Å². The van der Waals surface area contributed by atoms with Gasteiger partial charge >= 0.3 is 11.9 Å². The summed E-state index contributed by atoms with van der Waals surface area (Å²) >= 11 is 0. The highest BCUT2D eigenvalue weighted by atomic mass is 19.1. The first kappa shape index (κ1) is 11.9. The second-order valence-corrected chi connectivity index (χ2v) is 3.24. The van der Waals surface area contributed by atoms with Gasteiger partial charge in [-0.25, -0.2) is 4.39 Å². The highest BCUT2D eigenvalue weighted by Gasteiger charge is 2.37. The van der Waals surface area contributed by atoms with E-state index in [1.54, 1.807) is 0 Å². The van der Waals surface area contributed by atoms with Crippen LogP contribution in [-0.4, -0.2) is 29.8 Å². The molecule has 5 heteroatoms. The molecule has 0 aromatic heterocycles. The van der Waals surface area contributed by atoms with Crippen LogP contribution in [0.25, 0.3) is 0 Å². The molecule has 0 bridgehead atoms. The summed E-state index contributed by atoms with van der Waals surface area (Å²) in [7, 11) is 1.13. The van der Waals surface area contributed by atoms with Crippen LogP contribution in [0.4, 0.5) is 4.39 Å². The molecule has 0 fully saturated rings. The van der Waals surface area contributed by atoms with Crippen LogP contribution in [0.15, 0.2) is 0 Å². The smallest absolute Gasteiger partial charge is 0.310 e. The van der Waals surface area contributed by atoms with Crippen molar-refractivity contribution in [3.05, 3.63) is 0 Å². The minimum atomic E-state index is -1.93. The number of carboxylic acid groups (broad SMARTS) is 1. The molecule has 0 aliphatic rings. The van der Waals surface area contributed by atoms with Crippen molar-refractivity contribution in [3.63, 3.8) is 0 Å². The Morgan fingerprint density at radius 3 is 2.23 bits per heavy atom. The Morgan fingerprint density at radius 1 is 1.54 bits per heavy atom. The summed E-state index contributed by atoms with van der Waals surface area (Å²) in [5.41, 5.74) is -1.93. The van der Waals surface area contributed by atoms with E-state index in [2.05, 4.69) is 4.74 Å². The molecule has 0 aliphatic heterocycles. The number of esters is 1. The van der Waals surface area contributed by atoms with Crippen molar-refractivity contribution in [3.8, 4) is 0 Å². The number of ether oxygens (including phenoxy) is 1. The Labute approximate surface area is 75.7 Å². The molecule has 0 rings (SSSR count). The van der Waals surface area contributed by atoms with E-state index in [4.69, 9.17) is 5.11 Å². The van der Waals surface area contributed by atoms with Crippen LogP contribution in [0.2, 0.25) is 0 Å². The summed E-state index contributed by atoms with van der Waals surface area (Å²) in [6.07, 6.45) is -0.449. The lowest BCUT2D eigenvalue weighted by atomic mass is 9.90. The number of methoxy groups -OCH3 is 1. The Morgan fingerprint density at radius 2 is 2.00 bits per heavy atom. The number of alkyl halides is 1. The lowest BCUT2D eigenvalue weighted by Gasteiger charge is -2.21. The first-order valence-electron chi connectivity index (χ1n) is 3.77. The van der Waals surface area contributed by atoms with E-state index in [1.165, 1.54) is 0 Å². The molecule has 0 amide bonds. The Balaban J connectivity index is 4.46. The van der Waals surface area contributed by atoms with Gasteiger partial charge in [0.2, 0.25) is 0 Å². The molecule has 76 valence electrons. The Hall–Kier alpha value is -1.13. The molecule has 0 saturated heterocycles. The van der Waals surface area contributed by atoms with E-state index < -0.39 is 29.9 Å². The maximum Gasteiger partial charge on any atom is 0.310 e. The minimum absolute atomic E-state index is 0.449. The zero-order chi connectivity index (χ0) is 10.6. The van der Waals surface area contributed by atoms with Crippen LogP contribution in [0.3, 0.4) is 0 Å². The highest BCUT2D eigenvalue weighted by molar-refractivity contribution is 5.79. The maximum absolute atomic E-state index is 13.2. The molecule has 1 atom stereocenters. The third-order valence-electron chi connectivity index (χ3n) is 1.73. The fourth-order valence-corrected chi connectivity index (χ4v) is 0.874. The zero-order valence-electron chi connectivity index (χ0n) is 7.83. The molecular weight excluding hydrogens is 179 g/mol. The molecule has 1 unspecified atom stereocenters. The number of rotatable bonds is 4. The minimum Gasteiger partial charge on any atom is -0.481 e. The molecule has 0 saturated carbocycles. The predicted octanol–water partition coefficient (Wildman–Crippen LogP) is 0.998. The summed E-state index contributed by atoms with van der Waals surface area (Å²) in [6.45, 7) is 2.24. The largest absolute Gasteiger partial charge is 0.481 e. The molecule has 0 radical (unpaired) electrons. The highest BCUT2D eigenvalue weighted by Crippen LogP contribution is 2.24. The lowest BCUT2D eigenvalue weighted by Crippen LogP contribution is -2.34. The van der Waals surface area contributed by atoms with Gasteiger partial charge in [-0.15, -0.1) is 0 Å². The van der Waals surface area contributed by atoms with Crippen LogP contribution in [0, 0.1) is 5.92 Å². The summed E-state index contributed by atoms with van der Waals surface area (Å²) in [6, 6.07) is 0. The van der Waals surface area contributed by atoms with Crippen LogP contribution in [0.1, 0.15) is 20.3 Å². The summed E-state index contributed by atoms with van der Waals surface area (Å²) < 4.78 is 17.5. The SMILES string of the molecule is COC(=O)CC(C(=O)O)C(C)(C)F. The van der Waals surface area contributed by atoms with Gasteiger partial charge in [0.15, 0.2) is 0 Å². The average molecular weight is 192 g/mol. The quantitative estimate of drug-likeness (QED) is 0.675. The molecular formula is C8H13FO4. The van der Waals surface area contributed by atoms with Crippen molar-refractivity contribution < 1.29 is 23.8 Å². The molecule has 0 heterocycles. The number of hydrogen-bond acceptors (Lipinski definition) is 3. The molecule has 13 heavy (non-hydrogen) atoms. The summed E-state index contributed by atoms with van der Waals surface area (Å²) in [4.78, 5) is 21.3. The number of hydrogen-bond donors (Lipinski definition) is 1. The van der Waals surface area contributed by atoms with E-state index >= 15 is 0 Å². The number of aliphatic carboxylic acids is 1. The van der Waals surface area contributed by atoms with Crippen molar-refractivity contribution in [2.24, 2.45) is 5.92 Å². The van der Waals surface area contributed by atoms with Gasteiger partial charge in [-0.2, -0.15) is 0 Å². The van der Waals surface area contributed by atoms with Crippen LogP contribution < -0.4 is 0 Å². The summed E-state index contributed by atoms with van der Waals surface area (Å²) in [5.74, 6) is -3.42. The van der Waals surface area contributed by atoms with Gasteiger partial charge in [-0.3, -0.25) is 9.59 Å². The normalized spacial score (nSPS) is 13.5. The fraction of sp³-hybridized carbons (Fsp3) is 0.750. The molecule has 0 aromatic carbocycles. The van der Waals surface area contributed by atoms with Gasteiger partial charge in [0.1, 0.15) is 11.6 Å². The topological polar surface area (TPSA) is 63.6 Å². The van der Waals surface area contributed by atoms with Gasteiger partial charge in [0.05, 0.1) is 13.5 Å². The number of carbonyl (C=O) groups is 2. The molecule has 1 N–H and O–H groups in total. The van der Waals surface area contributed by atoms with Crippen LogP contribution in [0.5, 0.6) is 0 Å². The molecule has 4 nitrogen and oxygen atoms in total. The van der Waals surface area contributed by atoms with Gasteiger partial charge in [0.25, 0.3) is 0 Å². The van der Waals surface area contributed by atoms with Gasteiger partial charge in [-0.05, 0) is 13.8 Å². The van der Waals surface area contributed by atoms with Gasteiger partial charge < -0.3 is 9.84 Å². The fourth-order valence-electron chi connectivity index (χ4n) is 0.874. The number of carbonyl (C=O) groups excluding carboxylic acids is 1. The molecule has 0 aliphatic carbocycles. The van der Waals surface area contributed by atoms with E-state index in [-0.39, 0.29) is 0 Å². The van der Waals surface area contributed by atoms with Gasteiger partial charge in [0, 0.05) is 0 Å². The van der Waals surface area contributed by atoms with Crippen molar-refractivity contribution in [2.75, 3.05) is 7.11 Å². The van der Waals surface area contributed by atoms with Crippen molar-refractivity contribution >= 4 is 11.9 Å². The van der Waals surface area contributed by atoms with E-state index in [0.717, 1.165) is 21.0 Å². The van der Waals surface area contributed by atoms with Crippen molar-refractivity contribution in [2.45, 2.75) is 25.9 Å². The third kappa shape index (κ3) is 3.87. The number of halogens is 1. The van der Waals surface area contributed by atoms with E-state index in [0.29, 0.717) is 0 Å². The standard InChI is InChI=1S/C8H13FO4/c1-8(2,9)5(7(11)12)4-6(10)13-3/h5H,4H2,1-3H3,(H,11,12). The first-order valence-corrected chi connectivity index (χ1v) is 3.77. The van der Waals surface area contributed by atoms with Crippen LogP contribution >= 0.6 is 0 Å². The third-order valence-corrected chi connectivity index (χ3v) is 1.73. The predicted molar refractivity (Wildman–Crippen MR) is 42.9 cm³/mol. The lowest BCUT2D eigenvalue weighted by molar-refractivity contribution is -0.154. The second-order valence-electron chi connectivity index (χ2n) is 3.24. The monoisotopic (exact) mass is 192 g/mol. The number of carboxylic acids is 1. The van der Waals surface area contributed by atoms with Gasteiger partial charge in [-0.1, -0.05) is 0 Å². The molecule has 0 spiro atoms. The zero-order valence-corrected chi connectivity index (χ0v) is 7.83. The maximum atomic E-state index is 13.2. The van der Waals surface area contributed by atoms with Crippen LogP contribution in [-0.2, 0) is 14.3 Å². The van der Waals surface area contributed by atoms with E-state index in [1.807, 2.05) is 0 Å². The Bertz CT molecular complexity index is 207. The molecule has 0 aromatic rings. The first-order chi connectivity index (χ1) is 5.79. The second kappa shape index (κ2) is 4.20. The van der Waals surface area contributed by atoms with Crippen molar-refractivity contribution in [1.29, 1.82) is 0 Å². The Kier molecular flexibility index (Phi) is 3.84. The summed E-state index contributed by atoms with van der Waals surface area (Å²) in [5, 5.41) is 8.61. The average Bonchev–Trinajstić information content (AvgIpc) is 1.96.